The van der Waals surface area contributed by atoms with Crippen LogP contribution in [-0.2, 0) is 4.79 Å². The van der Waals surface area contributed by atoms with Crippen molar-refractivity contribution in [2.75, 3.05) is 0 Å². The summed E-state index contributed by atoms with van der Waals surface area (Å²) in [5, 5.41) is 5.40. The average molecular weight is 87.1 g/mol. The van der Waals surface area contributed by atoms with Crippen molar-refractivity contribution in [3.63, 3.8) is 0 Å². The van der Waals surface area contributed by atoms with E-state index in [0.29, 0.717) is 0 Å². The highest BCUT2D eigenvalue weighted by Crippen LogP contribution is 1.56. The summed E-state index contributed by atoms with van der Waals surface area (Å²) in [5.74, 6) is 0. The Morgan fingerprint density at radius 3 is 1.67 bits per heavy atom. The topological polar surface area (TPSA) is 40.9 Å². The van der Waals surface area contributed by atoms with Crippen LogP contribution in [0.5, 0.6) is 0 Å². The van der Waals surface area contributed by atoms with E-state index >= 15 is 0 Å². The number of isocyanates is 1. The van der Waals surface area contributed by atoms with Crippen molar-refractivity contribution in [1.82, 2.24) is 0 Å². The molecule has 0 unspecified atom stereocenters. The molecule has 0 saturated heterocycles. The fraction of sp³-hybridized carbons (Fsp3) is 0.750. The molecule has 0 rings (SSSR count). The van der Waals surface area contributed by atoms with Crippen LogP contribution in [0.4, 0.5) is 0 Å². The van der Waals surface area contributed by atoms with E-state index in [4.69, 9.17) is 10.2 Å². The normalized spacial score (nSPS) is 4.33. The first-order valence-corrected chi connectivity index (χ1v) is 1.87. The molecule has 0 amide bonds. The fourth-order valence-corrected chi connectivity index (χ4v) is 0. The Balaban J connectivity index is 0. The summed E-state index contributed by atoms with van der Waals surface area (Å²) in [5.41, 5.74) is 0. The van der Waals surface area contributed by atoms with E-state index in [1.54, 1.807) is 0 Å². The molecule has 1 N–H and O–H groups in total. The Morgan fingerprint density at radius 1 is 1.67 bits per heavy atom. The Bertz CT molecular complexity index is 36.8. The molecule has 2 nitrogen and oxygen atoms in total. The van der Waals surface area contributed by atoms with E-state index in [9.17, 15) is 0 Å². The SMILES string of the molecule is CCC.N=C=O. The lowest BCUT2D eigenvalue weighted by Crippen LogP contribution is -1.27. The third-order valence-corrected chi connectivity index (χ3v) is 0. The second-order valence-electron chi connectivity index (χ2n) is 0.809. The Hall–Kier alpha value is -0.620. The maximum absolute atomic E-state index is 8.35. The van der Waals surface area contributed by atoms with Gasteiger partial charge < -0.3 is 0 Å². The van der Waals surface area contributed by atoms with Gasteiger partial charge in [0.15, 0.2) is 0 Å². The summed E-state index contributed by atoms with van der Waals surface area (Å²) in [6.45, 7) is 4.25. The first kappa shape index (κ1) is 9.03. The van der Waals surface area contributed by atoms with E-state index in [0.717, 1.165) is 6.08 Å². The molecule has 0 aliphatic carbocycles. The smallest absolute Gasteiger partial charge is 0.222 e. The third kappa shape index (κ3) is 49.8. The average Bonchev–Trinajstić information content (AvgIpc) is 1.39. The van der Waals surface area contributed by atoms with Crippen molar-refractivity contribution in [3.05, 3.63) is 0 Å². The molecule has 0 heterocycles. The summed E-state index contributed by atoms with van der Waals surface area (Å²) in [4.78, 5) is 8.35. The van der Waals surface area contributed by atoms with Crippen LogP contribution >= 0.6 is 0 Å². The first-order valence-electron chi connectivity index (χ1n) is 1.87. The number of nitrogens with one attached hydrogen (secondary N) is 1. The van der Waals surface area contributed by atoms with Crippen molar-refractivity contribution < 1.29 is 4.79 Å². The minimum Gasteiger partial charge on any atom is -0.222 e. The van der Waals surface area contributed by atoms with Crippen molar-refractivity contribution in [2.45, 2.75) is 20.3 Å². The Labute approximate surface area is 37.7 Å². The van der Waals surface area contributed by atoms with E-state index < -0.39 is 0 Å². The van der Waals surface area contributed by atoms with Gasteiger partial charge in [-0.25, -0.2) is 10.2 Å². The standard InChI is InChI=1S/C3H8.CHNO/c1-3-2;2-1-3/h3H2,1-2H3;2H. The van der Waals surface area contributed by atoms with Crippen molar-refractivity contribution in [1.29, 1.82) is 5.41 Å². The second kappa shape index (κ2) is 26.3. The van der Waals surface area contributed by atoms with E-state index in [1.165, 1.54) is 6.42 Å². The van der Waals surface area contributed by atoms with Crippen molar-refractivity contribution >= 4 is 6.08 Å². The largest absolute Gasteiger partial charge is 0.231 e. The molecule has 36 valence electrons. The van der Waals surface area contributed by atoms with Crippen LogP contribution in [0.15, 0.2) is 0 Å². The van der Waals surface area contributed by atoms with Gasteiger partial charge in [-0.2, -0.15) is 0 Å². The zero-order valence-corrected chi connectivity index (χ0v) is 4.12. The highest BCUT2D eigenvalue weighted by molar-refractivity contribution is 5.26. The molecule has 0 atom stereocenters. The zero-order valence-electron chi connectivity index (χ0n) is 4.12. The van der Waals surface area contributed by atoms with Gasteiger partial charge in [0.05, 0.1) is 0 Å². The van der Waals surface area contributed by atoms with Gasteiger partial charge in [-0.05, 0) is 0 Å². The van der Waals surface area contributed by atoms with Gasteiger partial charge in [0.25, 0.3) is 0 Å². The number of rotatable bonds is 0. The van der Waals surface area contributed by atoms with E-state index in [-0.39, 0.29) is 0 Å². The van der Waals surface area contributed by atoms with Crippen LogP contribution in [0.1, 0.15) is 20.3 Å². The lowest BCUT2D eigenvalue weighted by atomic mass is 10.6. The molecular formula is C4H9NO. The van der Waals surface area contributed by atoms with Gasteiger partial charge in [-0.15, -0.1) is 0 Å². The Morgan fingerprint density at radius 2 is 1.67 bits per heavy atom. The summed E-state index contributed by atoms with van der Waals surface area (Å²) in [6.07, 6.45) is 2.00. The molecule has 0 aromatic heterocycles. The summed E-state index contributed by atoms with van der Waals surface area (Å²) < 4.78 is 0. The predicted octanol–water partition coefficient (Wildman–Crippen LogP) is 1.32. The summed E-state index contributed by atoms with van der Waals surface area (Å²) in [7, 11) is 0. The molecule has 0 radical (unpaired) electrons. The molecule has 0 fully saturated rings. The molecule has 6 heavy (non-hydrogen) atoms. The van der Waals surface area contributed by atoms with Crippen LogP contribution in [0.3, 0.4) is 0 Å². The van der Waals surface area contributed by atoms with E-state index in [1.807, 2.05) is 0 Å². The van der Waals surface area contributed by atoms with Gasteiger partial charge in [0.2, 0.25) is 6.08 Å². The van der Waals surface area contributed by atoms with E-state index in [2.05, 4.69) is 13.8 Å². The van der Waals surface area contributed by atoms with Gasteiger partial charge >= 0.3 is 0 Å². The molecule has 0 saturated carbocycles. The van der Waals surface area contributed by atoms with Crippen molar-refractivity contribution in [3.8, 4) is 0 Å². The zero-order chi connectivity index (χ0) is 5.41. The number of hydrogen-bond donors (Lipinski definition) is 1. The molecule has 0 aliphatic rings. The number of hydrogen-bond acceptors (Lipinski definition) is 2. The van der Waals surface area contributed by atoms with Gasteiger partial charge in [0, 0.05) is 0 Å². The highest BCUT2D eigenvalue weighted by Gasteiger charge is 1.35. The van der Waals surface area contributed by atoms with Crippen LogP contribution in [0.2, 0.25) is 0 Å². The molecule has 0 spiro atoms. The lowest BCUT2D eigenvalue weighted by molar-refractivity contribution is 0.563. The lowest BCUT2D eigenvalue weighted by Gasteiger charge is -1.48. The molecule has 0 aromatic rings. The summed E-state index contributed by atoms with van der Waals surface area (Å²) >= 11 is 0. The highest BCUT2D eigenvalue weighted by atomic mass is 16.1. The summed E-state index contributed by atoms with van der Waals surface area (Å²) in [6, 6.07) is 0. The van der Waals surface area contributed by atoms with Crippen LogP contribution in [0.25, 0.3) is 0 Å². The predicted molar refractivity (Wildman–Crippen MR) is 24.4 cm³/mol. The molecule has 0 aliphatic heterocycles. The van der Waals surface area contributed by atoms with Crippen LogP contribution < -0.4 is 0 Å². The monoisotopic (exact) mass is 87.1 g/mol. The quantitative estimate of drug-likeness (QED) is 0.351. The van der Waals surface area contributed by atoms with Crippen LogP contribution in [-0.4, -0.2) is 6.08 Å². The minimum atomic E-state index is 0.750. The minimum absolute atomic E-state index is 0.750. The maximum Gasteiger partial charge on any atom is 0.231 e. The molecule has 0 bridgehead atoms. The first-order chi connectivity index (χ1) is 2.83. The third-order valence-electron chi connectivity index (χ3n) is 0. The van der Waals surface area contributed by atoms with Gasteiger partial charge in [-0.1, -0.05) is 20.3 Å². The fourth-order valence-electron chi connectivity index (χ4n) is 0. The van der Waals surface area contributed by atoms with Gasteiger partial charge in [-0.3, -0.25) is 0 Å². The second-order valence-corrected chi connectivity index (χ2v) is 0.809. The molecular weight excluding hydrogens is 78.0 g/mol. The van der Waals surface area contributed by atoms with Crippen molar-refractivity contribution in [2.24, 2.45) is 0 Å². The van der Waals surface area contributed by atoms with Crippen LogP contribution in [0, 0.1) is 5.41 Å². The maximum atomic E-state index is 8.35. The molecule has 2 heteroatoms. The van der Waals surface area contributed by atoms with Gasteiger partial charge in [0.1, 0.15) is 0 Å². The Kier molecular flexibility index (Phi) is 39.6. The number of carbonyl (C=O) groups excluding carboxylic acids is 1. The molecule has 0 aromatic carbocycles.